The van der Waals surface area contributed by atoms with E-state index in [1.54, 1.807) is 28.9 Å². The van der Waals surface area contributed by atoms with Gasteiger partial charge in [0.15, 0.2) is 0 Å². The summed E-state index contributed by atoms with van der Waals surface area (Å²) in [6, 6.07) is 21.5. The number of amides is 2. The van der Waals surface area contributed by atoms with Crippen LogP contribution in [0.25, 0.3) is 16.9 Å². The monoisotopic (exact) mass is 604 g/mol. The number of fused-ring (bicyclic) bond motifs is 1. The number of hydrogen-bond acceptors (Lipinski definition) is 5. The predicted octanol–water partition coefficient (Wildman–Crippen LogP) is 6.10. The molecule has 10 heteroatoms. The molecule has 7 nitrogen and oxygen atoms in total. The molecule has 216 valence electrons. The summed E-state index contributed by atoms with van der Waals surface area (Å²) in [5, 5.41) is 8.26. The minimum Gasteiger partial charge on any atom is -0.376 e. The van der Waals surface area contributed by atoms with Gasteiger partial charge < -0.3 is 10.1 Å². The number of anilines is 1. The van der Waals surface area contributed by atoms with Crippen LogP contribution in [0.5, 0.6) is 0 Å². The highest BCUT2D eigenvalue weighted by molar-refractivity contribution is 8.00. The molecule has 0 saturated carbocycles. The molecule has 0 spiro atoms. The van der Waals surface area contributed by atoms with Crippen molar-refractivity contribution < 1.29 is 18.7 Å². The molecule has 3 aromatic carbocycles. The standard InChI is InChI=1S/C32H30ClFN4O3S/c1-20-4-14-25(15-5-20)38-32-29(30(36-38)21-6-10-23(33)11-7-21)31(22-8-12-24(34)13-9-22)42-19-28(40)37(32)18-27(39)35-17-26-3-2-16-41-26/h4-15,26,31H,2-3,16-19H2,1H3,(H,35,39)/t26-,31-/m1/s1. The third-order valence-corrected chi connectivity index (χ3v) is 9.02. The molecule has 0 radical (unpaired) electrons. The largest absolute Gasteiger partial charge is 0.376 e. The molecular formula is C32H30ClFN4O3S. The number of carbonyl (C=O) groups excluding carboxylic acids is 2. The lowest BCUT2D eigenvalue weighted by molar-refractivity contribution is -0.123. The Labute approximate surface area is 253 Å². The number of rotatable bonds is 7. The number of nitrogens with zero attached hydrogens (tertiary/aromatic N) is 3. The number of hydrogen-bond donors (Lipinski definition) is 1. The van der Waals surface area contributed by atoms with Gasteiger partial charge in [-0.1, -0.05) is 53.6 Å². The SMILES string of the molecule is Cc1ccc(-n2nc(-c3ccc(Cl)cc3)c3c2N(CC(=O)NC[C@H]2CCCO2)C(=O)CS[C@@H]3c2ccc(F)cc2)cc1. The summed E-state index contributed by atoms with van der Waals surface area (Å²) in [5.41, 5.74) is 4.90. The van der Waals surface area contributed by atoms with Crippen molar-refractivity contribution >= 4 is 41.0 Å². The number of nitrogens with one attached hydrogen (secondary N) is 1. The summed E-state index contributed by atoms with van der Waals surface area (Å²) >= 11 is 7.67. The summed E-state index contributed by atoms with van der Waals surface area (Å²) in [7, 11) is 0. The molecule has 0 unspecified atom stereocenters. The van der Waals surface area contributed by atoms with Crippen molar-refractivity contribution in [2.45, 2.75) is 31.1 Å². The molecule has 1 N–H and O–H groups in total. The molecule has 1 saturated heterocycles. The van der Waals surface area contributed by atoms with Crippen LogP contribution in [0.2, 0.25) is 5.02 Å². The van der Waals surface area contributed by atoms with E-state index in [2.05, 4.69) is 5.32 Å². The molecule has 2 aliphatic rings. The van der Waals surface area contributed by atoms with Gasteiger partial charge in [-0.25, -0.2) is 9.07 Å². The number of carbonyl (C=O) groups is 2. The Balaban J connectivity index is 1.51. The molecule has 1 fully saturated rings. The van der Waals surface area contributed by atoms with Crippen molar-refractivity contribution in [2.75, 3.05) is 30.3 Å². The zero-order valence-corrected chi connectivity index (χ0v) is 24.6. The van der Waals surface area contributed by atoms with E-state index in [-0.39, 0.29) is 41.3 Å². The Morgan fingerprint density at radius 2 is 1.83 bits per heavy atom. The van der Waals surface area contributed by atoms with Crippen LogP contribution in [0, 0.1) is 12.7 Å². The van der Waals surface area contributed by atoms with E-state index in [9.17, 15) is 14.0 Å². The zero-order valence-electron chi connectivity index (χ0n) is 23.1. The average Bonchev–Trinajstić information content (AvgIpc) is 3.62. The first kappa shape index (κ1) is 28.5. The van der Waals surface area contributed by atoms with Crippen molar-refractivity contribution in [3.05, 3.63) is 100 Å². The quantitative estimate of drug-likeness (QED) is 0.276. The van der Waals surface area contributed by atoms with E-state index in [4.69, 9.17) is 21.4 Å². The van der Waals surface area contributed by atoms with Crippen LogP contribution < -0.4 is 10.2 Å². The van der Waals surface area contributed by atoms with Gasteiger partial charge in [0.2, 0.25) is 11.8 Å². The van der Waals surface area contributed by atoms with E-state index in [0.29, 0.717) is 29.7 Å². The van der Waals surface area contributed by atoms with Crippen LogP contribution in [0.1, 0.15) is 34.8 Å². The summed E-state index contributed by atoms with van der Waals surface area (Å²) < 4.78 is 21.4. The molecule has 2 aliphatic heterocycles. The molecular weight excluding hydrogens is 575 g/mol. The maximum atomic E-state index is 14.0. The van der Waals surface area contributed by atoms with Crippen molar-refractivity contribution in [3.8, 4) is 16.9 Å². The summed E-state index contributed by atoms with van der Waals surface area (Å²) in [6.07, 6.45) is 1.85. The predicted molar refractivity (Wildman–Crippen MR) is 164 cm³/mol. The Morgan fingerprint density at radius 1 is 1.10 bits per heavy atom. The van der Waals surface area contributed by atoms with Gasteiger partial charge in [-0.05, 0) is 61.7 Å². The highest BCUT2D eigenvalue weighted by Gasteiger charge is 2.37. The lowest BCUT2D eigenvalue weighted by Crippen LogP contribution is -2.44. The van der Waals surface area contributed by atoms with Gasteiger partial charge in [0.25, 0.3) is 0 Å². The van der Waals surface area contributed by atoms with Gasteiger partial charge in [0.1, 0.15) is 18.2 Å². The highest BCUT2D eigenvalue weighted by atomic mass is 35.5. The molecule has 0 bridgehead atoms. The third-order valence-electron chi connectivity index (χ3n) is 7.51. The number of thioether (sulfide) groups is 1. The maximum Gasteiger partial charge on any atom is 0.240 e. The van der Waals surface area contributed by atoms with E-state index in [0.717, 1.165) is 40.8 Å². The number of benzene rings is 3. The van der Waals surface area contributed by atoms with Crippen molar-refractivity contribution in [3.63, 3.8) is 0 Å². The summed E-state index contributed by atoms with van der Waals surface area (Å²) in [6.45, 7) is 2.92. The lowest BCUT2D eigenvalue weighted by atomic mass is 9.99. The van der Waals surface area contributed by atoms with Gasteiger partial charge in [-0.15, -0.1) is 11.8 Å². The van der Waals surface area contributed by atoms with Crippen LogP contribution in [-0.2, 0) is 14.3 Å². The fourth-order valence-corrected chi connectivity index (χ4v) is 6.66. The molecule has 0 aliphatic carbocycles. The van der Waals surface area contributed by atoms with Crippen LogP contribution in [0.3, 0.4) is 0 Å². The highest BCUT2D eigenvalue weighted by Crippen LogP contribution is 2.48. The first-order valence-electron chi connectivity index (χ1n) is 13.9. The van der Waals surface area contributed by atoms with Gasteiger partial charge in [-0.2, -0.15) is 5.10 Å². The topological polar surface area (TPSA) is 76.5 Å². The Kier molecular flexibility index (Phi) is 8.33. The second-order valence-electron chi connectivity index (χ2n) is 10.5. The van der Waals surface area contributed by atoms with Gasteiger partial charge in [0, 0.05) is 29.3 Å². The van der Waals surface area contributed by atoms with Crippen LogP contribution >= 0.6 is 23.4 Å². The van der Waals surface area contributed by atoms with Crippen molar-refractivity contribution in [2.24, 2.45) is 0 Å². The second kappa shape index (κ2) is 12.3. The lowest BCUT2D eigenvalue weighted by Gasteiger charge is -2.23. The Hall–Kier alpha value is -3.66. The van der Waals surface area contributed by atoms with E-state index < -0.39 is 0 Å². The Morgan fingerprint density at radius 3 is 2.52 bits per heavy atom. The number of aryl methyl sites for hydroxylation is 1. The van der Waals surface area contributed by atoms with Crippen molar-refractivity contribution in [1.29, 1.82) is 0 Å². The molecule has 3 heterocycles. The number of halogens is 2. The number of aromatic nitrogens is 2. The molecule has 1 aromatic heterocycles. The fraction of sp³-hybridized carbons (Fsp3) is 0.281. The molecule has 42 heavy (non-hydrogen) atoms. The summed E-state index contributed by atoms with van der Waals surface area (Å²) in [5.74, 6) is -0.190. The molecule has 2 atom stereocenters. The zero-order chi connectivity index (χ0) is 29.2. The van der Waals surface area contributed by atoms with Gasteiger partial charge >= 0.3 is 0 Å². The van der Waals surface area contributed by atoms with Crippen LogP contribution in [0.4, 0.5) is 10.2 Å². The Bertz CT molecular complexity index is 1590. The second-order valence-corrected chi connectivity index (χ2v) is 12.0. The maximum absolute atomic E-state index is 14.0. The van der Waals surface area contributed by atoms with E-state index >= 15 is 0 Å². The minimum absolute atomic E-state index is 0.0163. The number of ether oxygens (including phenoxy) is 1. The fourth-order valence-electron chi connectivity index (χ4n) is 5.34. The molecule has 6 rings (SSSR count). The van der Waals surface area contributed by atoms with Crippen molar-refractivity contribution in [1.82, 2.24) is 15.1 Å². The first-order chi connectivity index (χ1) is 20.4. The van der Waals surface area contributed by atoms with Gasteiger partial charge in [0.05, 0.1) is 28.5 Å². The van der Waals surface area contributed by atoms with Crippen LogP contribution in [-0.4, -0.2) is 53.1 Å². The first-order valence-corrected chi connectivity index (χ1v) is 15.3. The van der Waals surface area contributed by atoms with E-state index in [1.165, 1.54) is 28.8 Å². The van der Waals surface area contributed by atoms with Gasteiger partial charge in [-0.3, -0.25) is 14.5 Å². The normalized spacial score (nSPS) is 18.5. The summed E-state index contributed by atoms with van der Waals surface area (Å²) in [4.78, 5) is 28.6. The molecule has 2 amide bonds. The smallest absolute Gasteiger partial charge is 0.240 e. The molecule has 4 aromatic rings. The minimum atomic E-state index is -0.352. The average molecular weight is 605 g/mol. The van der Waals surface area contributed by atoms with Crippen LogP contribution in [0.15, 0.2) is 72.8 Å². The van der Waals surface area contributed by atoms with E-state index in [1.807, 2.05) is 43.3 Å². The third kappa shape index (κ3) is 5.95.